The number of carboxylic acids is 5. The van der Waals surface area contributed by atoms with E-state index >= 15 is 0 Å². The molecule has 0 radical (unpaired) electrons. The number of carbonyl (C=O) groups excluding carboxylic acids is 9. The van der Waals surface area contributed by atoms with Crippen LogP contribution in [0.3, 0.4) is 0 Å². The maximum atomic E-state index is 13.8. The van der Waals surface area contributed by atoms with E-state index in [0.717, 1.165) is 13.8 Å². The van der Waals surface area contributed by atoms with Crippen molar-refractivity contribution in [2.45, 2.75) is 133 Å². The summed E-state index contributed by atoms with van der Waals surface area (Å²) in [5.41, 5.74) is 5.56. The zero-order chi connectivity index (χ0) is 61.3. The number of carboxylic acid groups (broad SMARTS) is 5. The van der Waals surface area contributed by atoms with Crippen LogP contribution in [0.1, 0.15) is 72.6 Å². The molecule has 0 saturated heterocycles. The van der Waals surface area contributed by atoms with E-state index in [1.165, 1.54) is 6.92 Å². The molecule has 0 aliphatic rings. The third kappa shape index (κ3) is 29.9. The third-order valence-electron chi connectivity index (χ3n) is 10.4. The summed E-state index contributed by atoms with van der Waals surface area (Å²) in [4.78, 5) is 214. The zero-order valence-electron chi connectivity index (χ0n) is 42.2. The monoisotopic (exact) mass is 1180 g/mol. The Morgan fingerprint density at radius 2 is 0.873 bits per heavy atom. The Hall–Kier alpha value is -7.28. The molecular weight excluding hydrogens is 1120 g/mol. The van der Waals surface area contributed by atoms with Crippen molar-refractivity contribution < 1.29 is 136 Å². The summed E-state index contributed by atoms with van der Waals surface area (Å²) >= 11 is 0. The SMILES string of the molecule is CC[C@H](C)[C@H](NC(=O)[C@@H](N)CC(=O)O)C(=O)NCC(=O)N[C@@H](COP(=O)(O)O)C(=O)N[C@@H](CCC(=O)O)C(=O)N[C@@H](COP(=O)(O)O)C(=O)N[C@H](C(=O)N[C@@H](CCC(=O)O)C(=O)N[C@@H](CC(=O)O)C(=O)N[C@@H](C)C(=O)O)[C@@H](C)O. The average molecular weight is 1180 g/mol. The van der Waals surface area contributed by atoms with Crippen LogP contribution in [0.5, 0.6) is 0 Å². The summed E-state index contributed by atoms with van der Waals surface area (Å²) < 4.78 is 32.0. The van der Waals surface area contributed by atoms with E-state index in [1.807, 2.05) is 37.2 Å². The average Bonchev–Trinajstić information content (AvgIpc) is 3.31. The quantitative estimate of drug-likeness (QED) is 0.0255. The molecular formula is C39H64N10O28P2. The Kier molecular flexibility index (Phi) is 30.8. The summed E-state index contributed by atoms with van der Waals surface area (Å²) in [5, 5.41) is 74.2. The van der Waals surface area contributed by atoms with Gasteiger partial charge in [0.1, 0.15) is 48.3 Å². The number of amides is 9. The van der Waals surface area contributed by atoms with E-state index in [1.54, 1.807) is 6.92 Å². The van der Waals surface area contributed by atoms with E-state index in [9.17, 15) is 116 Å². The van der Waals surface area contributed by atoms with Gasteiger partial charge in [-0.05, 0) is 32.6 Å². The zero-order valence-corrected chi connectivity index (χ0v) is 44.0. The van der Waals surface area contributed by atoms with Gasteiger partial charge in [-0.2, -0.15) is 0 Å². The summed E-state index contributed by atoms with van der Waals surface area (Å²) in [6.45, 7) is 0.837. The fourth-order valence-electron chi connectivity index (χ4n) is 6.05. The molecule has 0 saturated carbocycles. The van der Waals surface area contributed by atoms with Gasteiger partial charge in [0.05, 0.1) is 44.7 Å². The fourth-order valence-corrected chi connectivity index (χ4v) is 6.73. The minimum Gasteiger partial charge on any atom is -0.481 e. The number of hydrogen-bond donors (Lipinski definition) is 20. The molecule has 0 aliphatic carbocycles. The number of aliphatic hydroxyl groups is 1. The van der Waals surface area contributed by atoms with Gasteiger partial charge in [0.2, 0.25) is 53.2 Å². The summed E-state index contributed by atoms with van der Waals surface area (Å²) in [5.74, 6) is -21.5. The van der Waals surface area contributed by atoms with E-state index < -0.39 is 223 Å². The lowest BCUT2D eigenvalue weighted by Gasteiger charge is -2.28. The number of nitrogens with one attached hydrogen (secondary N) is 9. The summed E-state index contributed by atoms with van der Waals surface area (Å²) in [6.07, 6.45) is -7.59. The molecule has 0 unspecified atom stereocenters. The second-order valence-corrected chi connectivity index (χ2v) is 19.5. The largest absolute Gasteiger partial charge is 0.481 e. The van der Waals surface area contributed by atoms with Crippen LogP contribution in [0.4, 0.5) is 0 Å². The standard InChI is InChI=1S/C39H64N10O28P2/c1-5-15(2)29(48-31(60)18(40)10-27(56)57)37(66)41-12-24(51)43-22(13-76-78(70,71)72)35(64)44-19(6-8-25(52)53)33(62)47-23(14-77-79(73,74)75)36(65)49-30(17(4)50)38(67)45-20(7-9-26(54)55)32(61)46-21(11-28(58)59)34(63)42-16(3)39(68)69/h15-23,29-30,50H,5-14,40H2,1-4H3,(H,41,66)(H,42,63)(H,43,51)(H,44,64)(H,45,67)(H,46,61)(H,47,62)(H,48,60)(H,49,65)(H,52,53)(H,54,55)(H,56,57)(H,58,59)(H,68,69)(H2,70,71,72)(H2,73,74,75)/t15-,16-,17+,18-,19-,20-,21-,22-,23-,29-,30-/m0/s1. The van der Waals surface area contributed by atoms with Crippen molar-refractivity contribution in [1.29, 1.82) is 0 Å². The summed E-state index contributed by atoms with van der Waals surface area (Å²) in [7, 11) is -11.1. The van der Waals surface area contributed by atoms with E-state index in [4.69, 9.17) is 15.9 Å². The van der Waals surface area contributed by atoms with Crippen molar-refractivity contribution in [3.63, 3.8) is 0 Å². The molecule has 0 spiro atoms. The van der Waals surface area contributed by atoms with E-state index in [0.29, 0.717) is 0 Å². The molecule has 0 heterocycles. The number of phosphoric ester groups is 2. The van der Waals surface area contributed by atoms with Crippen LogP contribution < -0.4 is 53.6 Å². The third-order valence-corrected chi connectivity index (χ3v) is 11.4. The normalized spacial score (nSPS) is 15.6. The second kappa shape index (κ2) is 33.9. The van der Waals surface area contributed by atoms with E-state index in [2.05, 4.69) is 19.7 Å². The van der Waals surface area contributed by atoms with Crippen LogP contribution in [-0.4, -0.2) is 213 Å². The molecule has 11 atom stereocenters. The highest BCUT2D eigenvalue weighted by molar-refractivity contribution is 7.46. The minimum absolute atomic E-state index is 0.226. The number of phosphoric acid groups is 2. The maximum absolute atomic E-state index is 13.8. The molecule has 0 bridgehead atoms. The molecule has 21 N–H and O–H groups in total. The highest BCUT2D eigenvalue weighted by atomic mass is 31.2. The lowest BCUT2D eigenvalue weighted by Crippen LogP contribution is -2.62. The van der Waals surface area contributed by atoms with Gasteiger partial charge in [-0.3, -0.25) is 76.2 Å². The van der Waals surface area contributed by atoms with E-state index in [-0.39, 0.29) is 6.42 Å². The molecule has 38 nitrogen and oxygen atoms in total. The molecule has 0 aromatic rings. The number of aliphatic carboxylic acids is 5. The molecule has 448 valence electrons. The highest BCUT2D eigenvalue weighted by Gasteiger charge is 2.38. The highest BCUT2D eigenvalue weighted by Crippen LogP contribution is 2.36. The first-order chi connectivity index (χ1) is 36.3. The molecule has 0 aromatic heterocycles. The van der Waals surface area contributed by atoms with Crippen molar-refractivity contribution in [1.82, 2.24) is 47.9 Å². The van der Waals surface area contributed by atoms with Gasteiger partial charge in [0.25, 0.3) is 0 Å². The van der Waals surface area contributed by atoms with Gasteiger partial charge < -0.3 is 104 Å². The molecule has 0 rings (SSSR count). The van der Waals surface area contributed by atoms with Crippen molar-refractivity contribution >= 4 is 98.7 Å². The predicted octanol–water partition coefficient (Wildman–Crippen LogP) is -8.26. The fraction of sp³-hybridized carbons (Fsp3) is 0.641. The Balaban J connectivity index is 6.86. The maximum Gasteiger partial charge on any atom is 0.469 e. The molecule has 0 fully saturated rings. The second-order valence-electron chi connectivity index (χ2n) is 17.0. The van der Waals surface area contributed by atoms with Crippen molar-refractivity contribution in [2.24, 2.45) is 11.7 Å². The first-order valence-electron chi connectivity index (χ1n) is 22.9. The number of aliphatic hydroxyl groups excluding tert-OH is 1. The Bertz CT molecular complexity index is 2350. The topological polar surface area (TPSA) is 628 Å². The lowest BCUT2D eigenvalue weighted by atomic mass is 9.97. The van der Waals surface area contributed by atoms with Gasteiger partial charge in [-0.25, -0.2) is 9.13 Å². The molecule has 79 heavy (non-hydrogen) atoms. The number of carbonyl (C=O) groups is 14. The first kappa shape index (κ1) is 71.7. The summed E-state index contributed by atoms with van der Waals surface area (Å²) in [6, 6.07) is -18.0. The Labute approximate surface area is 445 Å². The molecule has 0 aliphatic heterocycles. The van der Waals surface area contributed by atoms with Crippen molar-refractivity contribution in [3.8, 4) is 0 Å². The number of nitrogens with two attached hydrogens (primary N) is 1. The van der Waals surface area contributed by atoms with Gasteiger partial charge in [0, 0.05) is 12.8 Å². The van der Waals surface area contributed by atoms with Crippen LogP contribution in [0.2, 0.25) is 0 Å². The van der Waals surface area contributed by atoms with Crippen LogP contribution in [0.15, 0.2) is 0 Å². The smallest absolute Gasteiger partial charge is 0.469 e. The molecule has 9 amide bonds. The van der Waals surface area contributed by atoms with Crippen LogP contribution in [0, 0.1) is 5.92 Å². The minimum atomic E-state index is -5.60. The predicted molar refractivity (Wildman–Crippen MR) is 255 cm³/mol. The van der Waals surface area contributed by atoms with Crippen LogP contribution in [0.25, 0.3) is 0 Å². The van der Waals surface area contributed by atoms with Crippen LogP contribution in [-0.2, 0) is 85.3 Å². The van der Waals surface area contributed by atoms with Gasteiger partial charge in [-0.1, -0.05) is 20.3 Å². The van der Waals surface area contributed by atoms with Crippen LogP contribution >= 0.6 is 15.6 Å². The lowest BCUT2D eigenvalue weighted by molar-refractivity contribution is -0.143. The van der Waals surface area contributed by atoms with Crippen molar-refractivity contribution in [3.05, 3.63) is 0 Å². The molecule has 0 aromatic carbocycles. The number of rotatable bonds is 38. The van der Waals surface area contributed by atoms with Gasteiger partial charge in [-0.15, -0.1) is 0 Å². The first-order valence-corrected chi connectivity index (χ1v) is 26.0. The Morgan fingerprint density at radius 1 is 0.481 bits per heavy atom. The van der Waals surface area contributed by atoms with Gasteiger partial charge in [0.15, 0.2) is 0 Å². The number of hydrogen-bond acceptors (Lipinski definition) is 20. The van der Waals surface area contributed by atoms with Crippen molar-refractivity contribution in [2.75, 3.05) is 19.8 Å². The Morgan fingerprint density at radius 3 is 1.29 bits per heavy atom. The van der Waals surface area contributed by atoms with Gasteiger partial charge >= 0.3 is 45.5 Å². The molecule has 40 heteroatoms.